The number of nitrogens with zero attached hydrogens (tertiary/aromatic N) is 1. The van der Waals surface area contributed by atoms with Gasteiger partial charge in [-0.25, -0.2) is 0 Å². The van der Waals surface area contributed by atoms with E-state index in [-0.39, 0.29) is 11.8 Å². The van der Waals surface area contributed by atoms with Gasteiger partial charge in [-0.05, 0) is 65.6 Å². The molecule has 174 valence electrons. The quantitative estimate of drug-likeness (QED) is 0.401. The van der Waals surface area contributed by atoms with Crippen LogP contribution in [0.1, 0.15) is 27.9 Å². The van der Waals surface area contributed by atoms with Gasteiger partial charge in [-0.15, -0.1) is 0 Å². The maximum absolute atomic E-state index is 12.6. The predicted molar refractivity (Wildman–Crippen MR) is 135 cm³/mol. The van der Waals surface area contributed by atoms with Crippen LogP contribution >= 0.6 is 0 Å². The molecule has 0 radical (unpaired) electrons. The summed E-state index contributed by atoms with van der Waals surface area (Å²) in [5, 5.41) is 4.12. The highest BCUT2D eigenvalue weighted by Crippen LogP contribution is 2.32. The minimum atomic E-state index is -0.0398. The van der Waals surface area contributed by atoms with E-state index in [1.807, 2.05) is 48.5 Å². The van der Waals surface area contributed by atoms with Crippen LogP contribution in [0.3, 0.4) is 0 Å². The highest BCUT2D eigenvalue weighted by molar-refractivity contribution is 5.94. The molecule has 0 saturated carbocycles. The number of aromatic amines is 1. The van der Waals surface area contributed by atoms with Gasteiger partial charge in [0.2, 0.25) is 5.91 Å². The summed E-state index contributed by atoms with van der Waals surface area (Å²) in [6.07, 6.45) is 0.996. The number of carbonyl (C=O) groups excluding carboxylic acids is 2. The number of hydrogen-bond donors (Lipinski definition) is 2. The SMILES string of the molecule is COc1ccc(-c2[nH]c3ccccc3c2CCC(=O)NCc2ccc(C(=O)N(C)C)cc2)cc1. The van der Waals surface area contributed by atoms with Gasteiger partial charge in [0.05, 0.1) is 7.11 Å². The summed E-state index contributed by atoms with van der Waals surface area (Å²) in [5.41, 5.74) is 5.84. The number of para-hydroxylation sites is 1. The van der Waals surface area contributed by atoms with Crippen molar-refractivity contribution in [2.45, 2.75) is 19.4 Å². The van der Waals surface area contributed by atoms with E-state index in [0.29, 0.717) is 24.9 Å². The molecule has 4 rings (SSSR count). The number of H-pyrrole nitrogens is 1. The van der Waals surface area contributed by atoms with E-state index in [1.165, 1.54) is 0 Å². The van der Waals surface area contributed by atoms with Crippen LogP contribution in [0.2, 0.25) is 0 Å². The topological polar surface area (TPSA) is 74.4 Å². The molecule has 3 aromatic carbocycles. The molecule has 0 aliphatic carbocycles. The number of nitrogens with one attached hydrogen (secondary N) is 2. The first-order valence-corrected chi connectivity index (χ1v) is 11.3. The van der Waals surface area contributed by atoms with Gasteiger partial charge >= 0.3 is 0 Å². The van der Waals surface area contributed by atoms with Crippen LogP contribution in [-0.4, -0.2) is 42.9 Å². The van der Waals surface area contributed by atoms with E-state index in [2.05, 4.69) is 22.4 Å². The van der Waals surface area contributed by atoms with Gasteiger partial charge in [0, 0.05) is 49.2 Å². The normalized spacial score (nSPS) is 10.8. The zero-order chi connectivity index (χ0) is 24.1. The van der Waals surface area contributed by atoms with Gasteiger partial charge in [0.1, 0.15) is 5.75 Å². The van der Waals surface area contributed by atoms with E-state index in [4.69, 9.17) is 4.74 Å². The molecule has 6 nitrogen and oxygen atoms in total. The van der Waals surface area contributed by atoms with Crippen molar-refractivity contribution in [3.63, 3.8) is 0 Å². The molecule has 0 bridgehead atoms. The van der Waals surface area contributed by atoms with E-state index in [0.717, 1.165) is 39.0 Å². The third-order valence-electron chi connectivity index (χ3n) is 5.89. The molecule has 0 aliphatic rings. The number of amides is 2. The molecule has 0 fully saturated rings. The van der Waals surface area contributed by atoms with Gasteiger partial charge in [0.25, 0.3) is 5.91 Å². The minimum absolute atomic E-state index is 0.0144. The summed E-state index contributed by atoms with van der Waals surface area (Å²) in [6.45, 7) is 0.425. The molecule has 34 heavy (non-hydrogen) atoms. The lowest BCUT2D eigenvalue weighted by Gasteiger charge is -2.11. The number of benzene rings is 3. The minimum Gasteiger partial charge on any atom is -0.497 e. The summed E-state index contributed by atoms with van der Waals surface area (Å²) in [5.74, 6) is 0.751. The van der Waals surface area contributed by atoms with Crippen molar-refractivity contribution < 1.29 is 14.3 Å². The third kappa shape index (κ3) is 5.12. The van der Waals surface area contributed by atoms with E-state index in [1.54, 1.807) is 38.2 Å². The molecule has 2 N–H and O–H groups in total. The van der Waals surface area contributed by atoms with Crippen LogP contribution in [-0.2, 0) is 17.8 Å². The first-order valence-electron chi connectivity index (χ1n) is 11.3. The molecule has 0 saturated heterocycles. The fraction of sp³-hybridized carbons (Fsp3) is 0.214. The zero-order valence-electron chi connectivity index (χ0n) is 19.7. The van der Waals surface area contributed by atoms with Crippen LogP contribution in [0.4, 0.5) is 0 Å². The van der Waals surface area contributed by atoms with Crippen LogP contribution < -0.4 is 10.1 Å². The van der Waals surface area contributed by atoms with Crippen molar-refractivity contribution in [3.8, 4) is 17.0 Å². The maximum atomic E-state index is 12.6. The molecular formula is C28H29N3O3. The number of ether oxygens (including phenoxy) is 1. The first-order chi connectivity index (χ1) is 16.5. The molecule has 0 spiro atoms. The van der Waals surface area contributed by atoms with Crippen LogP contribution in [0, 0.1) is 0 Å². The number of rotatable bonds is 8. The number of fused-ring (bicyclic) bond motifs is 1. The van der Waals surface area contributed by atoms with E-state index in [9.17, 15) is 9.59 Å². The summed E-state index contributed by atoms with van der Waals surface area (Å²) < 4.78 is 5.28. The highest BCUT2D eigenvalue weighted by atomic mass is 16.5. The Labute approximate surface area is 199 Å². The van der Waals surface area contributed by atoms with E-state index < -0.39 is 0 Å². The summed E-state index contributed by atoms with van der Waals surface area (Å²) in [6, 6.07) is 23.4. The van der Waals surface area contributed by atoms with Gasteiger partial charge in [0.15, 0.2) is 0 Å². The van der Waals surface area contributed by atoms with Gasteiger partial charge in [-0.3, -0.25) is 9.59 Å². The molecular weight excluding hydrogens is 426 g/mol. The summed E-state index contributed by atoms with van der Waals surface area (Å²) in [7, 11) is 5.11. The molecule has 0 aliphatic heterocycles. The largest absolute Gasteiger partial charge is 0.497 e. The molecule has 0 unspecified atom stereocenters. The Morgan fingerprint density at radius 1 is 0.941 bits per heavy atom. The first kappa shape index (κ1) is 23.1. The second kappa shape index (κ2) is 10.3. The van der Waals surface area contributed by atoms with Crippen molar-refractivity contribution >= 4 is 22.7 Å². The monoisotopic (exact) mass is 455 g/mol. The Morgan fingerprint density at radius 2 is 1.65 bits per heavy atom. The number of carbonyl (C=O) groups is 2. The molecule has 6 heteroatoms. The van der Waals surface area contributed by atoms with E-state index >= 15 is 0 Å². The lowest BCUT2D eigenvalue weighted by molar-refractivity contribution is -0.121. The molecule has 4 aromatic rings. The number of aryl methyl sites for hydroxylation is 1. The Morgan fingerprint density at radius 3 is 2.32 bits per heavy atom. The zero-order valence-corrected chi connectivity index (χ0v) is 19.7. The standard InChI is InChI=1S/C28H29N3O3/c1-31(2)28(33)21-10-8-19(9-11-21)18-29-26(32)17-16-24-23-6-4-5-7-25(23)30-27(24)20-12-14-22(34-3)15-13-20/h4-15,30H,16-18H2,1-3H3,(H,29,32). The van der Waals surface area contributed by atoms with Crippen molar-refractivity contribution in [2.75, 3.05) is 21.2 Å². The van der Waals surface area contributed by atoms with Crippen molar-refractivity contribution in [1.29, 1.82) is 0 Å². The fourth-order valence-electron chi connectivity index (χ4n) is 4.01. The Balaban J connectivity index is 1.43. The van der Waals surface area contributed by atoms with Crippen LogP contribution in [0.5, 0.6) is 5.75 Å². The smallest absolute Gasteiger partial charge is 0.253 e. The lowest BCUT2D eigenvalue weighted by Crippen LogP contribution is -2.23. The Kier molecular flexibility index (Phi) is 6.97. The molecule has 1 heterocycles. The molecule has 2 amide bonds. The summed E-state index contributed by atoms with van der Waals surface area (Å²) in [4.78, 5) is 29.7. The third-order valence-corrected chi connectivity index (χ3v) is 5.89. The number of hydrogen-bond acceptors (Lipinski definition) is 3. The molecule has 0 atom stereocenters. The van der Waals surface area contributed by atoms with Crippen molar-refractivity contribution in [1.82, 2.24) is 15.2 Å². The van der Waals surface area contributed by atoms with Crippen LogP contribution in [0.15, 0.2) is 72.8 Å². The van der Waals surface area contributed by atoms with Gasteiger partial charge in [-0.2, -0.15) is 0 Å². The summed E-state index contributed by atoms with van der Waals surface area (Å²) >= 11 is 0. The Bertz CT molecular complexity index is 1290. The second-order valence-electron chi connectivity index (χ2n) is 8.43. The van der Waals surface area contributed by atoms with Gasteiger partial charge in [-0.1, -0.05) is 30.3 Å². The Hall–Kier alpha value is -4.06. The molecule has 1 aromatic heterocycles. The average molecular weight is 456 g/mol. The van der Waals surface area contributed by atoms with Crippen LogP contribution in [0.25, 0.3) is 22.2 Å². The number of methoxy groups -OCH3 is 1. The van der Waals surface area contributed by atoms with Gasteiger partial charge < -0.3 is 19.9 Å². The lowest BCUT2D eigenvalue weighted by atomic mass is 10.0. The van der Waals surface area contributed by atoms with Crippen molar-refractivity contribution in [3.05, 3.63) is 89.5 Å². The fourth-order valence-corrected chi connectivity index (χ4v) is 4.01. The van der Waals surface area contributed by atoms with Crippen molar-refractivity contribution in [2.24, 2.45) is 0 Å². The maximum Gasteiger partial charge on any atom is 0.253 e. The average Bonchev–Trinajstić information content (AvgIpc) is 3.24. The highest BCUT2D eigenvalue weighted by Gasteiger charge is 2.15. The second-order valence-corrected chi connectivity index (χ2v) is 8.43. The predicted octanol–water partition coefficient (Wildman–Crippen LogP) is 4.79. The number of aromatic nitrogens is 1.